The molecule has 2 heterocycles. The van der Waals surface area contributed by atoms with E-state index in [4.69, 9.17) is 9.59 Å². The number of fused-ring (bicyclic) bond motifs is 1. The summed E-state index contributed by atoms with van der Waals surface area (Å²) in [6.07, 6.45) is 3.20. The van der Waals surface area contributed by atoms with Crippen molar-refractivity contribution in [2.45, 2.75) is 0 Å². The molecule has 0 fully saturated rings. The molecule has 1 aromatic carbocycles. The Morgan fingerprint density at radius 3 is 2.33 bits per heavy atom. The molecule has 0 spiro atoms. The second-order valence-electron chi connectivity index (χ2n) is 5.54. The highest BCUT2D eigenvalue weighted by Crippen LogP contribution is 2.29. The van der Waals surface area contributed by atoms with Gasteiger partial charge in [0.25, 0.3) is 5.91 Å². The van der Waals surface area contributed by atoms with Crippen LogP contribution in [0.2, 0.25) is 0 Å². The van der Waals surface area contributed by atoms with E-state index in [1.165, 1.54) is 30.3 Å². The van der Waals surface area contributed by atoms with E-state index in [0.717, 1.165) is 17.4 Å². The van der Waals surface area contributed by atoms with E-state index < -0.39 is 25.9 Å². The highest BCUT2D eigenvalue weighted by atomic mass is 32.2. The quantitative estimate of drug-likeness (QED) is 0.419. The minimum Gasteiger partial charge on any atom is -0.383 e. The van der Waals surface area contributed by atoms with Gasteiger partial charge in [0.15, 0.2) is 0 Å². The Labute approximate surface area is 159 Å². The van der Waals surface area contributed by atoms with Gasteiger partial charge in [-0.1, -0.05) is 12.1 Å². The van der Waals surface area contributed by atoms with Crippen LogP contribution in [0, 0.1) is 5.41 Å². The molecule has 10 nitrogen and oxygen atoms in total. The number of carbonyl (C=O) groups excluding carboxylic acids is 1. The third-order valence-corrected chi connectivity index (χ3v) is 5.51. The van der Waals surface area contributed by atoms with Gasteiger partial charge in [0.1, 0.15) is 11.6 Å². The minimum atomic E-state index is -3.72. The summed E-state index contributed by atoms with van der Waals surface area (Å²) < 4.78 is 54.4. The van der Waals surface area contributed by atoms with Crippen LogP contribution < -0.4 is 4.18 Å². The SMILES string of the molecule is CS(=O)(=O)Oc1ccc(/C=C2/C(=N)N3C(=NC2=O)SN=C3S(C)(=O)=O)cc1. The lowest BCUT2D eigenvalue weighted by Crippen LogP contribution is -2.45. The molecule has 0 aromatic heterocycles. The Kier molecular flexibility index (Phi) is 4.69. The molecule has 1 aromatic rings. The lowest BCUT2D eigenvalue weighted by molar-refractivity contribution is -0.114. The molecule has 0 aliphatic carbocycles. The summed E-state index contributed by atoms with van der Waals surface area (Å²) in [5, 5.41) is 7.85. The first-order chi connectivity index (χ1) is 12.5. The Morgan fingerprint density at radius 1 is 1.15 bits per heavy atom. The maximum Gasteiger partial charge on any atom is 0.306 e. The summed E-state index contributed by atoms with van der Waals surface area (Å²) in [4.78, 5) is 17.0. The minimum absolute atomic E-state index is 0.000486. The molecule has 142 valence electrons. The standard InChI is InChI=1S/C14H12N4O6S3/c1-26(20,21)14-17-25-13-16-12(19)10(11(15)18(13)14)7-8-3-5-9(6-4-8)24-27(2,22)23/h3-7,15H,1-2H3/b10-7-,15-11?. The monoisotopic (exact) mass is 428 g/mol. The zero-order chi connectivity index (χ0) is 20.0. The molecule has 1 amide bonds. The van der Waals surface area contributed by atoms with Gasteiger partial charge in [-0.2, -0.15) is 17.8 Å². The fourth-order valence-electron chi connectivity index (χ4n) is 2.20. The largest absolute Gasteiger partial charge is 0.383 e. The first-order valence-corrected chi connectivity index (χ1v) is 11.6. The van der Waals surface area contributed by atoms with Crippen LogP contribution in [-0.4, -0.2) is 56.3 Å². The van der Waals surface area contributed by atoms with E-state index in [1.54, 1.807) is 0 Å². The van der Waals surface area contributed by atoms with E-state index in [-0.39, 0.29) is 27.5 Å². The molecule has 2 aliphatic rings. The average Bonchev–Trinajstić information content (AvgIpc) is 2.95. The summed E-state index contributed by atoms with van der Waals surface area (Å²) in [5.74, 6) is -0.983. The Balaban J connectivity index is 1.94. The Bertz CT molecular complexity index is 1150. The highest BCUT2D eigenvalue weighted by Gasteiger charge is 2.41. The van der Waals surface area contributed by atoms with E-state index in [9.17, 15) is 21.6 Å². The van der Waals surface area contributed by atoms with Crippen LogP contribution in [-0.2, 0) is 24.7 Å². The van der Waals surface area contributed by atoms with Gasteiger partial charge in [-0.05, 0) is 23.8 Å². The zero-order valence-corrected chi connectivity index (χ0v) is 16.4. The van der Waals surface area contributed by atoms with Gasteiger partial charge < -0.3 is 4.18 Å². The maximum atomic E-state index is 12.2. The number of nitrogens with zero attached hydrogens (tertiary/aromatic N) is 3. The van der Waals surface area contributed by atoms with Crippen LogP contribution in [0.15, 0.2) is 39.2 Å². The molecule has 0 unspecified atom stereocenters. The number of carbonyl (C=O) groups is 1. The van der Waals surface area contributed by atoms with E-state index in [0.29, 0.717) is 17.5 Å². The van der Waals surface area contributed by atoms with Crippen molar-refractivity contribution in [3.63, 3.8) is 0 Å². The lowest BCUT2D eigenvalue weighted by Gasteiger charge is -2.23. The smallest absolute Gasteiger partial charge is 0.306 e. The topological polar surface area (TPSA) is 146 Å². The molecule has 0 saturated heterocycles. The Morgan fingerprint density at radius 2 is 1.78 bits per heavy atom. The molecule has 0 bridgehead atoms. The van der Waals surface area contributed by atoms with Crippen LogP contribution in [0.5, 0.6) is 5.75 Å². The zero-order valence-electron chi connectivity index (χ0n) is 13.9. The number of benzene rings is 1. The van der Waals surface area contributed by atoms with Gasteiger partial charge in [-0.25, -0.2) is 13.3 Å². The van der Waals surface area contributed by atoms with Gasteiger partial charge in [-0.3, -0.25) is 10.2 Å². The fraction of sp³-hybridized carbons (Fsp3) is 0.143. The van der Waals surface area contributed by atoms with Gasteiger partial charge >= 0.3 is 10.1 Å². The van der Waals surface area contributed by atoms with Crippen molar-refractivity contribution in [3.05, 3.63) is 35.4 Å². The van der Waals surface area contributed by atoms with E-state index in [2.05, 4.69) is 9.39 Å². The average molecular weight is 428 g/mol. The summed E-state index contributed by atoms with van der Waals surface area (Å²) in [6, 6.07) is 5.73. The van der Waals surface area contributed by atoms with Crippen LogP contribution >= 0.6 is 11.9 Å². The first-order valence-electron chi connectivity index (χ1n) is 7.14. The predicted octanol–water partition coefficient (Wildman–Crippen LogP) is 0.646. The first kappa shape index (κ1) is 19.3. The molecule has 27 heavy (non-hydrogen) atoms. The van der Waals surface area contributed by atoms with E-state index in [1.807, 2.05) is 0 Å². The summed E-state index contributed by atoms with van der Waals surface area (Å²) in [5.41, 5.74) is 0.335. The predicted molar refractivity (Wildman–Crippen MR) is 102 cm³/mol. The van der Waals surface area contributed by atoms with Gasteiger partial charge in [0.05, 0.1) is 23.8 Å². The molecule has 0 radical (unpaired) electrons. The summed E-state index contributed by atoms with van der Waals surface area (Å²) in [6.45, 7) is 0. The van der Waals surface area contributed by atoms with Crippen LogP contribution in [0.1, 0.15) is 5.56 Å². The van der Waals surface area contributed by atoms with Crippen molar-refractivity contribution < 1.29 is 25.8 Å². The number of amidine groups is 3. The highest BCUT2D eigenvalue weighted by molar-refractivity contribution is 8.16. The van der Waals surface area contributed by atoms with Crippen LogP contribution in [0.25, 0.3) is 6.08 Å². The second-order valence-corrected chi connectivity index (χ2v) is 9.75. The van der Waals surface area contributed by atoms with E-state index >= 15 is 0 Å². The van der Waals surface area contributed by atoms with Crippen LogP contribution in [0.4, 0.5) is 0 Å². The van der Waals surface area contributed by atoms with Crippen molar-refractivity contribution in [3.8, 4) is 5.75 Å². The number of hydrogen-bond donors (Lipinski definition) is 1. The van der Waals surface area contributed by atoms with Gasteiger partial charge in [0, 0.05) is 6.26 Å². The number of amides is 1. The number of nitrogens with one attached hydrogen (secondary N) is 1. The molecular formula is C14H12N4O6S3. The normalized spacial score (nSPS) is 19.0. The van der Waals surface area contributed by atoms with Crippen molar-refractivity contribution in [2.75, 3.05) is 12.5 Å². The second kappa shape index (κ2) is 6.58. The summed E-state index contributed by atoms with van der Waals surface area (Å²) >= 11 is 0.707. The van der Waals surface area contributed by atoms with Crippen LogP contribution in [0.3, 0.4) is 0 Å². The molecule has 2 aliphatic heterocycles. The third-order valence-electron chi connectivity index (χ3n) is 3.26. The maximum absolute atomic E-state index is 12.2. The molecule has 1 N–H and O–H groups in total. The van der Waals surface area contributed by atoms with Crippen molar-refractivity contribution >= 4 is 60.1 Å². The van der Waals surface area contributed by atoms with Gasteiger partial charge in [-0.15, -0.1) is 0 Å². The Hall–Kier alpha value is -2.51. The fourth-order valence-corrected chi connectivity index (χ4v) is 4.50. The molecule has 13 heteroatoms. The molecular weight excluding hydrogens is 416 g/mol. The number of hydrogen-bond acceptors (Lipinski definition) is 9. The van der Waals surface area contributed by atoms with Crippen molar-refractivity contribution in [1.29, 1.82) is 5.41 Å². The molecule has 0 atom stereocenters. The number of sulfone groups is 1. The lowest BCUT2D eigenvalue weighted by atomic mass is 10.1. The van der Waals surface area contributed by atoms with Crippen molar-refractivity contribution in [2.24, 2.45) is 9.39 Å². The summed E-state index contributed by atoms with van der Waals surface area (Å²) in [7, 11) is -7.39. The third kappa shape index (κ3) is 4.09. The number of rotatable bonds is 3. The van der Waals surface area contributed by atoms with Gasteiger partial charge in [0.2, 0.25) is 20.2 Å². The molecule has 0 saturated carbocycles. The molecule has 3 rings (SSSR count). The van der Waals surface area contributed by atoms with Crippen molar-refractivity contribution in [1.82, 2.24) is 4.90 Å². The number of aliphatic imine (C=N–C) groups is 1.